The van der Waals surface area contributed by atoms with Crippen LogP contribution in [0.25, 0.3) is 6.08 Å². The van der Waals surface area contributed by atoms with Crippen LogP contribution in [0.4, 0.5) is 14.5 Å². The molecule has 0 fully saturated rings. The molecule has 0 saturated carbocycles. The largest absolute Gasteiger partial charge is 0.398 e. The number of rotatable bonds is 2. The zero-order chi connectivity index (χ0) is 9.84. The van der Waals surface area contributed by atoms with Crippen molar-refractivity contribution in [1.29, 1.82) is 0 Å². The van der Waals surface area contributed by atoms with Gasteiger partial charge in [-0.15, -0.1) is 0 Å². The van der Waals surface area contributed by atoms with Crippen molar-refractivity contribution in [3.05, 3.63) is 35.4 Å². The van der Waals surface area contributed by atoms with E-state index in [9.17, 15) is 8.78 Å². The summed E-state index contributed by atoms with van der Waals surface area (Å²) in [5.41, 5.74) is 10.8. The standard InChI is InChI=1S/C9H10F2N2/c10-7-3-4-8(13)6(9(7)11)2-1-5-12/h1-4H,5,12-13H2. The van der Waals surface area contributed by atoms with Crippen molar-refractivity contribution in [2.75, 3.05) is 12.3 Å². The summed E-state index contributed by atoms with van der Waals surface area (Å²) >= 11 is 0. The Balaban J connectivity index is 3.17. The van der Waals surface area contributed by atoms with E-state index in [1.807, 2.05) is 0 Å². The van der Waals surface area contributed by atoms with E-state index in [0.29, 0.717) is 0 Å². The van der Waals surface area contributed by atoms with Crippen LogP contribution in [0.15, 0.2) is 18.2 Å². The molecule has 1 rings (SSSR count). The Morgan fingerprint density at radius 3 is 2.62 bits per heavy atom. The molecular weight excluding hydrogens is 174 g/mol. The number of hydrogen-bond donors (Lipinski definition) is 2. The first-order chi connectivity index (χ1) is 6.16. The molecule has 1 aromatic carbocycles. The lowest BCUT2D eigenvalue weighted by Crippen LogP contribution is -1.97. The second-order valence-corrected chi connectivity index (χ2v) is 2.50. The van der Waals surface area contributed by atoms with Gasteiger partial charge < -0.3 is 11.5 Å². The minimum atomic E-state index is -0.940. The first-order valence-electron chi connectivity index (χ1n) is 3.77. The van der Waals surface area contributed by atoms with E-state index >= 15 is 0 Å². The molecule has 0 aliphatic heterocycles. The summed E-state index contributed by atoms with van der Waals surface area (Å²) in [6.07, 6.45) is 2.88. The van der Waals surface area contributed by atoms with Gasteiger partial charge in [0.2, 0.25) is 0 Å². The van der Waals surface area contributed by atoms with Crippen LogP contribution in [0.1, 0.15) is 5.56 Å². The summed E-state index contributed by atoms with van der Waals surface area (Å²) in [7, 11) is 0. The fourth-order valence-electron chi connectivity index (χ4n) is 0.937. The summed E-state index contributed by atoms with van der Waals surface area (Å²) in [6.45, 7) is 0.259. The zero-order valence-electron chi connectivity index (χ0n) is 6.93. The summed E-state index contributed by atoms with van der Waals surface area (Å²) in [5.74, 6) is -1.85. The topological polar surface area (TPSA) is 52.0 Å². The normalized spacial score (nSPS) is 11.0. The average Bonchev–Trinajstić information content (AvgIpc) is 2.12. The number of benzene rings is 1. The average molecular weight is 184 g/mol. The summed E-state index contributed by atoms with van der Waals surface area (Å²) in [4.78, 5) is 0. The van der Waals surface area contributed by atoms with Gasteiger partial charge in [-0.1, -0.05) is 12.2 Å². The van der Waals surface area contributed by atoms with Gasteiger partial charge in [-0.3, -0.25) is 0 Å². The van der Waals surface area contributed by atoms with Crippen molar-refractivity contribution < 1.29 is 8.78 Å². The predicted octanol–water partition coefficient (Wildman–Crippen LogP) is 1.52. The number of nitrogens with two attached hydrogens (primary N) is 2. The predicted molar refractivity (Wildman–Crippen MR) is 48.9 cm³/mol. The maximum Gasteiger partial charge on any atom is 0.168 e. The molecule has 0 atom stereocenters. The van der Waals surface area contributed by atoms with Gasteiger partial charge >= 0.3 is 0 Å². The van der Waals surface area contributed by atoms with E-state index in [-0.39, 0.29) is 17.8 Å². The second-order valence-electron chi connectivity index (χ2n) is 2.50. The molecule has 0 heterocycles. The number of halogens is 2. The summed E-state index contributed by atoms with van der Waals surface area (Å²) in [6, 6.07) is 2.30. The van der Waals surface area contributed by atoms with Gasteiger partial charge in [-0.25, -0.2) is 8.78 Å². The molecule has 13 heavy (non-hydrogen) atoms. The maximum atomic E-state index is 13.0. The lowest BCUT2D eigenvalue weighted by Gasteiger charge is -2.02. The minimum Gasteiger partial charge on any atom is -0.398 e. The van der Waals surface area contributed by atoms with E-state index in [0.717, 1.165) is 6.07 Å². The molecule has 0 unspecified atom stereocenters. The van der Waals surface area contributed by atoms with Crippen LogP contribution < -0.4 is 11.5 Å². The van der Waals surface area contributed by atoms with Crippen LogP contribution in [0.5, 0.6) is 0 Å². The van der Waals surface area contributed by atoms with Gasteiger partial charge in [0.25, 0.3) is 0 Å². The molecule has 0 bridgehead atoms. The molecule has 4 N–H and O–H groups in total. The van der Waals surface area contributed by atoms with Crippen LogP contribution in [0.2, 0.25) is 0 Å². The van der Waals surface area contributed by atoms with Crippen molar-refractivity contribution in [2.45, 2.75) is 0 Å². The number of hydrogen-bond acceptors (Lipinski definition) is 2. The third-order valence-electron chi connectivity index (χ3n) is 1.59. The van der Waals surface area contributed by atoms with E-state index in [1.165, 1.54) is 18.2 Å². The highest BCUT2D eigenvalue weighted by atomic mass is 19.2. The fraction of sp³-hybridized carbons (Fsp3) is 0.111. The summed E-state index contributed by atoms with van der Waals surface area (Å²) in [5, 5.41) is 0. The highest BCUT2D eigenvalue weighted by molar-refractivity contribution is 5.65. The fourth-order valence-corrected chi connectivity index (χ4v) is 0.937. The zero-order valence-corrected chi connectivity index (χ0v) is 6.93. The molecule has 0 radical (unpaired) electrons. The molecule has 0 aromatic heterocycles. The van der Waals surface area contributed by atoms with Gasteiger partial charge in [-0.05, 0) is 12.1 Å². The Bertz CT molecular complexity index is 335. The Hall–Kier alpha value is -1.42. The highest BCUT2D eigenvalue weighted by Crippen LogP contribution is 2.19. The van der Waals surface area contributed by atoms with Crippen LogP contribution in [0.3, 0.4) is 0 Å². The third kappa shape index (κ3) is 2.03. The van der Waals surface area contributed by atoms with E-state index in [1.54, 1.807) is 0 Å². The Morgan fingerprint density at radius 1 is 1.31 bits per heavy atom. The highest BCUT2D eigenvalue weighted by Gasteiger charge is 2.08. The molecular formula is C9H10F2N2. The van der Waals surface area contributed by atoms with Crippen LogP contribution in [0, 0.1) is 11.6 Å². The van der Waals surface area contributed by atoms with Crippen LogP contribution >= 0.6 is 0 Å². The quantitative estimate of drug-likeness (QED) is 0.684. The molecule has 0 amide bonds. The first-order valence-corrected chi connectivity index (χ1v) is 3.77. The maximum absolute atomic E-state index is 13.0. The van der Waals surface area contributed by atoms with Crippen LogP contribution in [-0.2, 0) is 0 Å². The number of anilines is 1. The van der Waals surface area contributed by atoms with Crippen molar-refractivity contribution >= 4 is 11.8 Å². The smallest absolute Gasteiger partial charge is 0.168 e. The second kappa shape index (κ2) is 4.00. The Morgan fingerprint density at radius 2 is 2.00 bits per heavy atom. The van der Waals surface area contributed by atoms with E-state index in [2.05, 4.69) is 0 Å². The van der Waals surface area contributed by atoms with Crippen molar-refractivity contribution in [1.82, 2.24) is 0 Å². The van der Waals surface area contributed by atoms with Gasteiger partial charge in [0.1, 0.15) is 0 Å². The van der Waals surface area contributed by atoms with Crippen LogP contribution in [-0.4, -0.2) is 6.54 Å². The molecule has 0 aliphatic carbocycles. The molecule has 0 aliphatic rings. The number of nitrogen functional groups attached to an aromatic ring is 1. The van der Waals surface area contributed by atoms with Gasteiger partial charge in [0.05, 0.1) is 0 Å². The summed E-state index contributed by atoms with van der Waals surface area (Å²) < 4.78 is 25.7. The lowest BCUT2D eigenvalue weighted by molar-refractivity contribution is 0.507. The lowest BCUT2D eigenvalue weighted by atomic mass is 10.1. The Kier molecular flexibility index (Phi) is 2.97. The van der Waals surface area contributed by atoms with Crippen molar-refractivity contribution in [2.24, 2.45) is 5.73 Å². The molecule has 0 spiro atoms. The molecule has 1 aromatic rings. The Labute approximate surface area is 74.8 Å². The third-order valence-corrected chi connectivity index (χ3v) is 1.59. The molecule has 70 valence electrons. The van der Waals surface area contributed by atoms with Gasteiger partial charge in [0, 0.05) is 17.8 Å². The molecule has 4 heteroatoms. The minimum absolute atomic E-state index is 0.0467. The monoisotopic (exact) mass is 184 g/mol. The van der Waals surface area contributed by atoms with E-state index < -0.39 is 11.6 Å². The molecule has 2 nitrogen and oxygen atoms in total. The molecule has 0 saturated heterocycles. The van der Waals surface area contributed by atoms with Crippen molar-refractivity contribution in [3.63, 3.8) is 0 Å². The van der Waals surface area contributed by atoms with E-state index in [4.69, 9.17) is 11.5 Å². The van der Waals surface area contributed by atoms with Gasteiger partial charge in [0.15, 0.2) is 11.6 Å². The van der Waals surface area contributed by atoms with Gasteiger partial charge in [-0.2, -0.15) is 0 Å². The first kappa shape index (κ1) is 9.67. The van der Waals surface area contributed by atoms with Crippen molar-refractivity contribution in [3.8, 4) is 0 Å². The SMILES string of the molecule is NCC=Cc1c(N)ccc(F)c1F.